The number of hydrogen-bond donors (Lipinski definition) is 0. The monoisotopic (exact) mass is 320 g/mol. The van der Waals surface area contributed by atoms with Crippen LogP contribution in [0.1, 0.15) is 130 Å². The predicted molar refractivity (Wildman–Crippen MR) is 107 cm³/mol. The Bertz CT molecular complexity index is 267. The van der Waals surface area contributed by atoms with Crippen LogP contribution in [0, 0.1) is 17.8 Å². The fourth-order valence-electron chi connectivity index (χ4n) is 3.32. The Morgan fingerprint density at radius 1 is 0.478 bits per heavy atom. The van der Waals surface area contributed by atoms with Gasteiger partial charge in [0.25, 0.3) is 0 Å². The first kappa shape index (κ1) is 22.6. The molecule has 0 amide bonds. The Balaban J connectivity index is 3.59. The lowest BCUT2D eigenvalue weighted by molar-refractivity contribution is 0.398. The molecule has 1 atom stereocenters. The van der Waals surface area contributed by atoms with Crippen molar-refractivity contribution in [3.05, 3.63) is 0 Å². The van der Waals surface area contributed by atoms with Crippen LogP contribution in [0.15, 0.2) is 0 Å². The standard InChI is InChI=1S/C23H44/c1-4-7-9-11-13-15-17-19-22-23(20-6-3)21-18-16-14-12-10-8-5-2/h23H,4-14,16,18-22H2,1-3H3. The van der Waals surface area contributed by atoms with Crippen molar-refractivity contribution in [1.82, 2.24) is 0 Å². The molecule has 0 aromatic heterocycles. The van der Waals surface area contributed by atoms with Crippen molar-refractivity contribution in [3.8, 4) is 11.8 Å². The zero-order valence-corrected chi connectivity index (χ0v) is 16.6. The SMILES string of the molecule is CCCCCCC#CCCC(CCC)CCCCCCCCC. The molecule has 0 nitrogen and oxygen atoms in total. The van der Waals surface area contributed by atoms with Gasteiger partial charge < -0.3 is 0 Å². The molecular weight excluding hydrogens is 276 g/mol. The molecule has 136 valence electrons. The van der Waals surface area contributed by atoms with Crippen LogP contribution in [0.3, 0.4) is 0 Å². The normalized spacial score (nSPS) is 12.0. The molecule has 0 radical (unpaired) electrons. The molecule has 0 rings (SSSR count). The van der Waals surface area contributed by atoms with Crippen LogP contribution < -0.4 is 0 Å². The Morgan fingerprint density at radius 3 is 1.70 bits per heavy atom. The van der Waals surface area contributed by atoms with Crippen molar-refractivity contribution in [1.29, 1.82) is 0 Å². The van der Waals surface area contributed by atoms with E-state index in [-0.39, 0.29) is 0 Å². The molecule has 0 aliphatic rings. The smallest absolute Gasteiger partial charge is 0.00913 e. The van der Waals surface area contributed by atoms with Gasteiger partial charge in [0.1, 0.15) is 0 Å². The van der Waals surface area contributed by atoms with Gasteiger partial charge in [-0.25, -0.2) is 0 Å². The molecule has 0 aliphatic heterocycles. The van der Waals surface area contributed by atoms with E-state index in [4.69, 9.17) is 0 Å². The van der Waals surface area contributed by atoms with E-state index >= 15 is 0 Å². The maximum atomic E-state index is 3.43. The predicted octanol–water partition coefficient (Wildman–Crippen LogP) is 8.30. The molecular formula is C23H44. The Morgan fingerprint density at radius 2 is 1.04 bits per heavy atom. The topological polar surface area (TPSA) is 0 Å². The first-order chi connectivity index (χ1) is 11.3. The molecule has 0 bridgehead atoms. The summed E-state index contributed by atoms with van der Waals surface area (Å²) in [7, 11) is 0. The van der Waals surface area contributed by atoms with Crippen LogP contribution in [-0.4, -0.2) is 0 Å². The van der Waals surface area contributed by atoms with Gasteiger partial charge in [0.15, 0.2) is 0 Å². The molecule has 0 fully saturated rings. The summed E-state index contributed by atoms with van der Waals surface area (Å²) in [6.45, 7) is 6.89. The van der Waals surface area contributed by atoms with Crippen molar-refractivity contribution >= 4 is 0 Å². The summed E-state index contributed by atoms with van der Waals surface area (Å²) in [5, 5.41) is 0. The summed E-state index contributed by atoms with van der Waals surface area (Å²) >= 11 is 0. The van der Waals surface area contributed by atoms with Crippen molar-refractivity contribution in [2.24, 2.45) is 5.92 Å². The highest BCUT2D eigenvalue weighted by Crippen LogP contribution is 2.21. The van der Waals surface area contributed by atoms with Gasteiger partial charge in [-0.3, -0.25) is 0 Å². The lowest BCUT2D eigenvalue weighted by Gasteiger charge is -2.14. The molecule has 1 unspecified atom stereocenters. The highest BCUT2D eigenvalue weighted by molar-refractivity contribution is 4.98. The minimum Gasteiger partial charge on any atom is -0.103 e. The first-order valence-corrected chi connectivity index (χ1v) is 10.8. The lowest BCUT2D eigenvalue weighted by atomic mass is 9.92. The van der Waals surface area contributed by atoms with Gasteiger partial charge in [-0.05, 0) is 18.8 Å². The second-order valence-corrected chi connectivity index (χ2v) is 7.27. The molecule has 0 aromatic carbocycles. The largest absolute Gasteiger partial charge is 0.103 e. The van der Waals surface area contributed by atoms with Gasteiger partial charge in [0, 0.05) is 12.8 Å². The van der Waals surface area contributed by atoms with Gasteiger partial charge >= 0.3 is 0 Å². The van der Waals surface area contributed by atoms with Gasteiger partial charge in [-0.15, -0.1) is 11.8 Å². The molecule has 0 spiro atoms. The summed E-state index contributed by atoms with van der Waals surface area (Å²) in [5.74, 6) is 7.75. The zero-order chi connectivity index (χ0) is 17.0. The van der Waals surface area contributed by atoms with Crippen molar-refractivity contribution in [3.63, 3.8) is 0 Å². The fraction of sp³-hybridized carbons (Fsp3) is 0.913. The van der Waals surface area contributed by atoms with E-state index < -0.39 is 0 Å². The minimum atomic E-state index is 0.935. The second-order valence-electron chi connectivity index (χ2n) is 7.27. The Kier molecular flexibility index (Phi) is 19.2. The van der Waals surface area contributed by atoms with Crippen LogP contribution in [0.2, 0.25) is 0 Å². The Hall–Kier alpha value is -0.440. The maximum Gasteiger partial charge on any atom is 0.00913 e. The van der Waals surface area contributed by atoms with Crippen molar-refractivity contribution in [2.75, 3.05) is 0 Å². The van der Waals surface area contributed by atoms with Gasteiger partial charge in [-0.1, -0.05) is 104 Å². The van der Waals surface area contributed by atoms with Crippen LogP contribution in [0.25, 0.3) is 0 Å². The maximum absolute atomic E-state index is 3.43. The summed E-state index contributed by atoms with van der Waals surface area (Å²) < 4.78 is 0. The van der Waals surface area contributed by atoms with E-state index in [9.17, 15) is 0 Å². The van der Waals surface area contributed by atoms with E-state index in [2.05, 4.69) is 32.6 Å². The molecule has 0 N–H and O–H groups in total. The van der Waals surface area contributed by atoms with Crippen LogP contribution >= 0.6 is 0 Å². The minimum absolute atomic E-state index is 0.935. The summed E-state index contributed by atoms with van der Waals surface area (Å²) in [5.41, 5.74) is 0. The third-order valence-electron chi connectivity index (χ3n) is 4.87. The average Bonchev–Trinajstić information content (AvgIpc) is 2.56. The molecule has 0 heterocycles. The zero-order valence-electron chi connectivity index (χ0n) is 16.6. The van der Waals surface area contributed by atoms with Gasteiger partial charge in [-0.2, -0.15) is 0 Å². The molecule has 0 aliphatic carbocycles. The van der Waals surface area contributed by atoms with E-state index in [1.165, 1.54) is 96.3 Å². The third kappa shape index (κ3) is 17.7. The molecule has 0 aromatic rings. The van der Waals surface area contributed by atoms with E-state index in [1.54, 1.807) is 0 Å². The molecule has 0 saturated carbocycles. The summed E-state index contributed by atoms with van der Waals surface area (Å²) in [6, 6.07) is 0. The lowest BCUT2D eigenvalue weighted by Crippen LogP contribution is -2.00. The first-order valence-electron chi connectivity index (χ1n) is 10.8. The van der Waals surface area contributed by atoms with Crippen molar-refractivity contribution < 1.29 is 0 Å². The quantitative estimate of drug-likeness (QED) is 0.198. The van der Waals surface area contributed by atoms with E-state index in [0.29, 0.717) is 0 Å². The third-order valence-corrected chi connectivity index (χ3v) is 4.87. The molecule has 23 heavy (non-hydrogen) atoms. The average molecular weight is 321 g/mol. The number of unbranched alkanes of at least 4 members (excludes halogenated alkanes) is 10. The summed E-state index contributed by atoms with van der Waals surface area (Å²) in [4.78, 5) is 0. The second kappa shape index (κ2) is 19.6. The van der Waals surface area contributed by atoms with E-state index in [0.717, 1.165) is 18.8 Å². The van der Waals surface area contributed by atoms with Crippen LogP contribution in [-0.2, 0) is 0 Å². The van der Waals surface area contributed by atoms with Gasteiger partial charge in [0.2, 0.25) is 0 Å². The molecule has 0 saturated heterocycles. The Labute approximate surface area is 148 Å². The summed E-state index contributed by atoms with van der Waals surface area (Å²) in [6.07, 6.45) is 23.2. The van der Waals surface area contributed by atoms with Crippen molar-refractivity contribution in [2.45, 2.75) is 130 Å². The fourth-order valence-corrected chi connectivity index (χ4v) is 3.32. The number of rotatable bonds is 16. The van der Waals surface area contributed by atoms with Crippen LogP contribution in [0.4, 0.5) is 0 Å². The highest BCUT2D eigenvalue weighted by atomic mass is 14.1. The van der Waals surface area contributed by atoms with Gasteiger partial charge in [0.05, 0.1) is 0 Å². The van der Waals surface area contributed by atoms with E-state index in [1.807, 2.05) is 0 Å². The van der Waals surface area contributed by atoms with Crippen LogP contribution in [0.5, 0.6) is 0 Å². The number of hydrogen-bond acceptors (Lipinski definition) is 0. The highest BCUT2D eigenvalue weighted by Gasteiger charge is 2.06. The molecule has 0 heteroatoms.